The van der Waals surface area contributed by atoms with E-state index in [1.54, 1.807) is 0 Å². The summed E-state index contributed by atoms with van der Waals surface area (Å²) in [4.78, 5) is 10.2. The molecule has 1 aliphatic carbocycles. The van der Waals surface area contributed by atoms with E-state index in [4.69, 9.17) is 0 Å². The minimum absolute atomic E-state index is 0.492. The fraction of sp³-hybridized carbons (Fsp3) is 0.875. The van der Waals surface area contributed by atoms with Crippen molar-refractivity contribution in [1.82, 2.24) is 0 Å². The first-order chi connectivity index (χ1) is 5.24. The second-order valence-corrected chi connectivity index (χ2v) is 3.87. The second kappa shape index (κ2) is 4.18. The molecular weight excluding hydrogens is 157 g/mol. The Bertz CT molecular complexity index is 158. The lowest BCUT2D eigenvalue weighted by molar-refractivity contribution is -0.150. The molecule has 0 saturated heterocycles. The molecule has 0 heterocycles. The molecule has 0 spiro atoms. The Morgan fingerprint density at radius 1 is 1.45 bits per heavy atom. The molecule has 0 bridgehead atoms. The van der Waals surface area contributed by atoms with Gasteiger partial charge in [0.25, 0.3) is 0 Å². The van der Waals surface area contributed by atoms with E-state index in [1.165, 1.54) is 6.42 Å². The summed E-state index contributed by atoms with van der Waals surface area (Å²) in [5.74, 6) is 1.53. The van der Waals surface area contributed by atoms with Crippen LogP contribution >= 0.6 is 8.96 Å². The van der Waals surface area contributed by atoms with Crippen LogP contribution in [0.25, 0.3) is 0 Å². The standard InChI is InChI=1S/C8H15NOP/c1-6-3-4-8(9-11-10)5-7(6)2/h6-7,11H,3-5H2,1-2H3/q-1. The van der Waals surface area contributed by atoms with Crippen LogP contribution in [0, 0.1) is 11.8 Å². The van der Waals surface area contributed by atoms with Crippen molar-refractivity contribution in [2.24, 2.45) is 16.6 Å². The van der Waals surface area contributed by atoms with Gasteiger partial charge in [-0.2, -0.15) is 0 Å². The number of rotatable bonds is 1. The van der Waals surface area contributed by atoms with Gasteiger partial charge in [0.1, 0.15) is 0 Å². The molecule has 1 fully saturated rings. The van der Waals surface area contributed by atoms with Crippen LogP contribution in [0.2, 0.25) is 0 Å². The topological polar surface area (TPSA) is 35.4 Å². The van der Waals surface area contributed by atoms with Gasteiger partial charge in [0.05, 0.1) is 0 Å². The van der Waals surface area contributed by atoms with Crippen LogP contribution in [0.4, 0.5) is 0 Å². The summed E-state index contributed by atoms with van der Waals surface area (Å²) in [5.41, 5.74) is 1.16. The first-order valence-electron chi connectivity index (χ1n) is 4.16. The van der Waals surface area contributed by atoms with Gasteiger partial charge in [0.15, 0.2) is 0 Å². The number of hydrogen-bond donors (Lipinski definition) is 0. The lowest BCUT2D eigenvalue weighted by Gasteiger charge is -2.26. The van der Waals surface area contributed by atoms with E-state index in [9.17, 15) is 4.89 Å². The Balaban J connectivity index is 2.46. The van der Waals surface area contributed by atoms with E-state index < -0.39 is 8.96 Å². The molecule has 0 radical (unpaired) electrons. The van der Waals surface area contributed by atoms with Crippen molar-refractivity contribution >= 4 is 14.7 Å². The average molecular weight is 172 g/mol. The summed E-state index contributed by atoms with van der Waals surface area (Å²) in [7, 11) is -0.492. The van der Waals surface area contributed by atoms with E-state index in [0.29, 0.717) is 0 Å². The van der Waals surface area contributed by atoms with Gasteiger partial charge in [-0.15, -0.1) is 0 Å². The maximum atomic E-state index is 10.2. The van der Waals surface area contributed by atoms with E-state index in [1.807, 2.05) is 0 Å². The molecule has 0 aromatic heterocycles. The van der Waals surface area contributed by atoms with E-state index in [0.717, 1.165) is 30.4 Å². The van der Waals surface area contributed by atoms with Gasteiger partial charge in [-0.25, -0.2) is 0 Å². The fourth-order valence-corrected chi connectivity index (χ4v) is 1.85. The minimum Gasteiger partial charge on any atom is -0.814 e. The Kier molecular flexibility index (Phi) is 3.47. The Morgan fingerprint density at radius 2 is 2.18 bits per heavy atom. The van der Waals surface area contributed by atoms with Crippen LogP contribution in [0.3, 0.4) is 0 Å². The summed E-state index contributed by atoms with van der Waals surface area (Å²) in [6, 6.07) is 0. The summed E-state index contributed by atoms with van der Waals surface area (Å²) in [5, 5.41) is 0. The molecule has 1 aliphatic rings. The van der Waals surface area contributed by atoms with Crippen LogP contribution in [0.5, 0.6) is 0 Å². The molecule has 0 aliphatic heterocycles. The highest BCUT2D eigenvalue weighted by Crippen LogP contribution is 2.28. The third kappa shape index (κ3) is 2.53. The molecule has 0 aromatic carbocycles. The second-order valence-electron chi connectivity index (χ2n) is 3.47. The molecular formula is C8H15NOP-. The van der Waals surface area contributed by atoms with Crippen molar-refractivity contribution in [3.8, 4) is 0 Å². The molecule has 3 atom stereocenters. The van der Waals surface area contributed by atoms with Crippen LogP contribution in [-0.2, 0) is 0 Å². The predicted octanol–water partition coefficient (Wildman–Crippen LogP) is 1.75. The largest absolute Gasteiger partial charge is 0.814 e. The van der Waals surface area contributed by atoms with E-state index in [-0.39, 0.29) is 0 Å². The lowest BCUT2D eigenvalue weighted by Crippen LogP contribution is -2.20. The van der Waals surface area contributed by atoms with Crippen LogP contribution in [0.1, 0.15) is 33.1 Å². The molecule has 1 saturated carbocycles. The number of nitrogens with zero attached hydrogens (tertiary/aromatic N) is 1. The van der Waals surface area contributed by atoms with E-state index in [2.05, 4.69) is 18.6 Å². The SMILES string of the molecule is CC1CCC(=NP[O-])CC1C. The van der Waals surface area contributed by atoms with Crippen LogP contribution in [-0.4, -0.2) is 5.71 Å². The molecule has 2 nitrogen and oxygen atoms in total. The Hall–Kier alpha value is 0.0600. The Morgan fingerprint density at radius 3 is 2.73 bits per heavy atom. The zero-order chi connectivity index (χ0) is 8.27. The predicted molar refractivity (Wildman–Crippen MR) is 47.9 cm³/mol. The third-order valence-electron chi connectivity index (χ3n) is 2.62. The van der Waals surface area contributed by atoms with Crippen molar-refractivity contribution in [3.63, 3.8) is 0 Å². The van der Waals surface area contributed by atoms with Gasteiger partial charge < -0.3 is 4.89 Å². The van der Waals surface area contributed by atoms with Crippen LogP contribution < -0.4 is 4.89 Å². The molecule has 3 unspecified atom stereocenters. The molecule has 1 rings (SSSR count). The van der Waals surface area contributed by atoms with Crippen molar-refractivity contribution in [3.05, 3.63) is 0 Å². The monoisotopic (exact) mass is 172 g/mol. The van der Waals surface area contributed by atoms with Gasteiger partial charge in [0, 0.05) is 5.71 Å². The summed E-state index contributed by atoms with van der Waals surface area (Å²) in [6.07, 6.45) is 3.32. The maximum absolute atomic E-state index is 10.2. The summed E-state index contributed by atoms with van der Waals surface area (Å²) >= 11 is 0. The van der Waals surface area contributed by atoms with Gasteiger partial charge in [-0.1, -0.05) is 22.8 Å². The molecule has 0 N–H and O–H groups in total. The zero-order valence-electron chi connectivity index (χ0n) is 7.13. The number of hydrogen-bond acceptors (Lipinski definition) is 2. The van der Waals surface area contributed by atoms with Crippen LogP contribution in [0.15, 0.2) is 4.76 Å². The minimum atomic E-state index is -0.492. The van der Waals surface area contributed by atoms with Crippen molar-refractivity contribution < 1.29 is 4.89 Å². The van der Waals surface area contributed by atoms with Gasteiger partial charge in [-0.3, -0.25) is 4.76 Å². The van der Waals surface area contributed by atoms with Gasteiger partial charge >= 0.3 is 0 Å². The van der Waals surface area contributed by atoms with Crippen molar-refractivity contribution in [2.75, 3.05) is 0 Å². The Labute approximate surface area is 70.0 Å². The van der Waals surface area contributed by atoms with Gasteiger partial charge in [-0.05, 0) is 31.1 Å². The average Bonchev–Trinajstić information content (AvgIpc) is 1.98. The third-order valence-corrected chi connectivity index (χ3v) is 3.03. The normalized spacial score (nSPS) is 37.2. The highest BCUT2D eigenvalue weighted by atomic mass is 31.1. The smallest absolute Gasteiger partial charge is 0.0152 e. The lowest BCUT2D eigenvalue weighted by atomic mass is 9.81. The highest BCUT2D eigenvalue weighted by molar-refractivity contribution is 7.28. The molecule has 11 heavy (non-hydrogen) atoms. The van der Waals surface area contributed by atoms with Gasteiger partial charge in [0.2, 0.25) is 0 Å². The molecule has 3 heteroatoms. The van der Waals surface area contributed by atoms with Crippen molar-refractivity contribution in [2.45, 2.75) is 33.1 Å². The molecule has 0 amide bonds. The molecule has 0 aromatic rings. The quantitative estimate of drug-likeness (QED) is 0.555. The van der Waals surface area contributed by atoms with E-state index >= 15 is 0 Å². The molecule has 64 valence electrons. The first-order valence-corrected chi connectivity index (χ1v) is 5.02. The van der Waals surface area contributed by atoms with Crippen molar-refractivity contribution in [1.29, 1.82) is 0 Å². The summed E-state index contributed by atoms with van der Waals surface area (Å²) in [6.45, 7) is 4.52. The highest BCUT2D eigenvalue weighted by Gasteiger charge is 2.20. The maximum Gasteiger partial charge on any atom is 0.0152 e. The summed E-state index contributed by atoms with van der Waals surface area (Å²) < 4.78 is 3.96. The fourth-order valence-electron chi connectivity index (χ4n) is 1.52. The zero-order valence-corrected chi connectivity index (χ0v) is 8.13. The first kappa shape index (κ1) is 9.15.